The van der Waals surface area contributed by atoms with Crippen molar-refractivity contribution in [3.05, 3.63) is 23.8 Å². The summed E-state index contributed by atoms with van der Waals surface area (Å²) in [6.07, 6.45) is 2.74. The van der Waals surface area contributed by atoms with Crippen LogP contribution in [0.2, 0.25) is 0 Å². The Morgan fingerprint density at radius 3 is 2.56 bits per heavy atom. The Balaban J connectivity index is 2.02. The molecule has 1 amide bonds. The summed E-state index contributed by atoms with van der Waals surface area (Å²) in [7, 11) is 1.52. The van der Waals surface area contributed by atoms with Gasteiger partial charge in [-0.2, -0.15) is 0 Å². The van der Waals surface area contributed by atoms with Crippen LogP contribution in [0.5, 0.6) is 11.5 Å². The molecule has 0 bridgehead atoms. The Kier molecular flexibility index (Phi) is 6.45. The average molecular weight is 347 g/mol. The molecule has 1 aromatic carbocycles. The molecule has 0 unspecified atom stereocenters. The number of amides is 1. The Labute approximate surface area is 150 Å². The van der Waals surface area contributed by atoms with E-state index in [1.165, 1.54) is 20.5 Å². The molecule has 138 valence electrons. The van der Waals surface area contributed by atoms with Gasteiger partial charge in [0.05, 0.1) is 7.11 Å². The van der Waals surface area contributed by atoms with Crippen molar-refractivity contribution in [2.75, 3.05) is 7.11 Å². The van der Waals surface area contributed by atoms with E-state index in [9.17, 15) is 9.59 Å². The van der Waals surface area contributed by atoms with Gasteiger partial charge in [-0.15, -0.1) is 0 Å². The van der Waals surface area contributed by atoms with Crippen molar-refractivity contribution < 1.29 is 19.1 Å². The maximum absolute atomic E-state index is 12.5. The van der Waals surface area contributed by atoms with Crippen LogP contribution in [-0.4, -0.2) is 30.9 Å². The van der Waals surface area contributed by atoms with Crippen molar-refractivity contribution in [3.63, 3.8) is 0 Å². The molecular weight excluding hydrogens is 318 g/mol. The SMILES string of the molecule is COc1cc(C(C)=O)ccc1O[C@H](C)C(=O)N[C@H]1CCC[C@@H](C)[C@H]1C. The molecule has 1 N–H and O–H groups in total. The van der Waals surface area contributed by atoms with Crippen molar-refractivity contribution in [2.45, 2.75) is 59.1 Å². The zero-order valence-electron chi connectivity index (χ0n) is 15.8. The molecule has 0 aromatic heterocycles. The van der Waals surface area contributed by atoms with Crippen LogP contribution in [0, 0.1) is 11.8 Å². The van der Waals surface area contributed by atoms with Gasteiger partial charge in [-0.25, -0.2) is 0 Å². The quantitative estimate of drug-likeness (QED) is 0.799. The fourth-order valence-corrected chi connectivity index (χ4v) is 3.31. The van der Waals surface area contributed by atoms with Gasteiger partial charge in [-0.3, -0.25) is 9.59 Å². The highest BCUT2D eigenvalue weighted by Gasteiger charge is 2.29. The van der Waals surface area contributed by atoms with Gasteiger partial charge in [-0.1, -0.05) is 26.7 Å². The highest BCUT2D eigenvalue weighted by atomic mass is 16.5. The molecule has 5 heteroatoms. The molecular formula is C20H29NO4. The van der Waals surface area contributed by atoms with E-state index >= 15 is 0 Å². The number of ether oxygens (including phenoxy) is 2. The Morgan fingerprint density at radius 1 is 1.20 bits per heavy atom. The van der Waals surface area contributed by atoms with Crippen molar-refractivity contribution in [2.24, 2.45) is 11.8 Å². The molecule has 0 radical (unpaired) electrons. The van der Waals surface area contributed by atoms with E-state index in [4.69, 9.17) is 9.47 Å². The number of benzene rings is 1. The van der Waals surface area contributed by atoms with Crippen molar-refractivity contribution in [3.8, 4) is 11.5 Å². The van der Waals surface area contributed by atoms with Crippen LogP contribution in [-0.2, 0) is 4.79 Å². The van der Waals surface area contributed by atoms with E-state index in [1.54, 1.807) is 25.1 Å². The number of nitrogens with one attached hydrogen (secondary N) is 1. The normalized spacial score (nSPS) is 24.3. The topological polar surface area (TPSA) is 64.6 Å². The number of hydrogen-bond acceptors (Lipinski definition) is 4. The Morgan fingerprint density at radius 2 is 1.92 bits per heavy atom. The maximum Gasteiger partial charge on any atom is 0.261 e. The van der Waals surface area contributed by atoms with E-state index in [0.717, 1.165) is 12.8 Å². The third kappa shape index (κ3) is 4.74. The van der Waals surface area contributed by atoms with Gasteiger partial charge >= 0.3 is 0 Å². The number of Topliss-reactive ketones (excluding diaryl/α,β-unsaturated/α-hetero) is 1. The molecule has 0 heterocycles. The highest BCUT2D eigenvalue weighted by molar-refractivity contribution is 5.94. The first-order chi connectivity index (χ1) is 11.8. The molecule has 1 aliphatic carbocycles. The number of methoxy groups -OCH3 is 1. The van der Waals surface area contributed by atoms with Gasteiger partial charge in [0.15, 0.2) is 23.4 Å². The first-order valence-electron chi connectivity index (χ1n) is 8.99. The number of carbonyl (C=O) groups is 2. The van der Waals surface area contributed by atoms with Crippen LogP contribution >= 0.6 is 0 Å². The van der Waals surface area contributed by atoms with Gasteiger partial charge in [0.25, 0.3) is 5.91 Å². The third-order valence-electron chi connectivity index (χ3n) is 5.28. The molecule has 2 rings (SSSR count). The predicted molar refractivity (Wildman–Crippen MR) is 97.2 cm³/mol. The summed E-state index contributed by atoms with van der Waals surface area (Å²) in [5.74, 6) is 1.83. The first kappa shape index (κ1) is 19.3. The number of hydrogen-bond donors (Lipinski definition) is 1. The average Bonchev–Trinajstić information content (AvgIpc) is 2.58. The summed E-state index contributed by atoms with van der Waals surface area (Å²) in [5, 5.41) is 3.13. The van der Waals surface area contributed by atoms with Crippen LogP contribution in [0.4, 0.5) is 0 Å². The van der Waals surface area contributed by atoms with Crippen molar-refractivity contribution >= 4 is 11.7 Å². The minimum absolute atomic E-state index is 0.0453. The molecule has 0 saturated heterocycles. The summed E-state index contributed by atoms with van der Waals surface area (Å²) in [6.45, 7) is 7.66. The van der Waals surface area contributed by atoms with Crippen LogP contribution in [0.3, 0.4) is 0 Å². The summed E-state index contributed by atoms with van der Waals surface area (Å²) < 4.78 is 11.1. The largest absolute Gasteiger partial charge is 0.493 e. The lowest BCUT2D eigenvalue weighted by molar-refractivity contribution is -0.128. The van der Waals surface area contributed by atoms with Crippen molar-refractivity contribution in [1.29, 1.82) is 0 Å². The van der Waals surface area contributed by atoms with Gasteiger partial charge < -0.3 is 14.8 Å². The van der Waals surface area contributed by atoms with Crippen molar-refractivity contribution in [1.82, 2.24) is 5.32 Å². The number of carbonyl (C=O) groups excluding carboxylic acids is 2. The van der Waals surface area contributed by atoms with Gasteiger partial charge in [0, 0.05) is 11.6 Å². The minimum Gasteiger partial charge on any atom is -0.493 e. The lowest BCUT2D eigenvalue weighted by Gasteiger charge is -2.35. The van der Waals surface area contributed by atoms with E-state index in [0.29, 0.717) is 28.9 Å². The first-order valence-corrected chi connectivity index (χ1v) is 8.99. The highest BCUT2D eigenvalue weighted by Crippen LogP contribution is 2.31. The molecule has 1 fully saturated rings. The lowest BCUT2D eigenvalue weighted by Crippen LogP contribution is -2.48. The molecule has 1 aromatic rings. The van der Waals surface area contributed by atoms with Gasteiger partial charge in [0.2, 0.25) is 0 Å². The van der Waals surface area contributed by atoms with Crippen LogP contribution in [0.25, 0.3) is 0 Å². The fourth-order valence-electron chi connectivity index (χ4n) is 3.31. The van der Waals surface area contributed by atoms with E-state index in [2.05, 4.69) is 19.2 Å². The molecule has 25 heavy (non-hydrogen) atoms. The second-order valence-electron chi connectivity index (χ2n) is 7.06. The second-order valence-corrected chi connectivity index (χ2v) is 7.06. The molecule has 4 atom stereocenters. The summed E-state index contributed by atoms with van der Waals surface area (Å²) in [4.78, 5) is 24.0. The predicted octanol–water partition coefficient (Wildman–Crippen LogP) is 3.61. The minimum atomic E-state index is -0.637. The molecule has 0 aliphatic heterocycles. The zero-order valence-corrected chi connectivity index (χ0v) is 15.8. The van der Waals surface area contributed by atoms with Crippen LogP contribution in [0.1, 0.15) is 57.3 Å². The molecule has 1 aliphatic rings. The van der Waals surface area contributed by atoms with Crippen LogP contribution in [0.15, 0.2) is 18.2 Å². The molecule has 0 spiro atoms. The summed E-state index contributed by atoms with van der Waals surface area (Å²) in [6, 6.07) is 5.18. The summed E-state index contributed by atoms with van der Waals surface area (Å²) in [5.41, 5.74) is 0.548. The molecule has 1 saturated carbocycles. The monoisotopic (exact) mass is 347 g/mol. The molecule has 5 nitrogen and oxygen atoms in total. The van der Waals surface area contributed by atoms with Gasteiger partial charge in [-0.05, 0) is 50.3 Å². The third-order valence-corrected chi connectivity index (χ3v) is 5.28. The van der Waals surface area contributed by atoms with E-state index in [1.807, 2.05) is 0 Å². The summed E-state index contributed by atoms with van der Waals surface area (Å²) >= 11 is 0. The van der Waals surface area contributed by atoms with Gasteiger partial charge in [0.1, 0.15) is 0 Å². The smallest absolute Gasteiger partial charge is 0.261 e. The lowest BCUT2D eigenvalue weighted by atomic mass is 9.78. The Hall–Kier alpha value is -2.04. The number of rotatable bonds is 6. The fraction of sp³-hybridized carbons (Fsp3) is 0.600. The maximum atomic E-state index is 12.5. The van der Waals surface area contributed by atoms with E-state index in [-0.39, 0.29) is 17.7 Å². The Bertz CT molecular complexity index is 628. The second kappa shape index (κ2) is 8.37. The zero-order chi connectivity index (χ0) is 18.6. The standard InChI is InChI=1S/C20H29NO4/c1-12-7-6-8-17(13(12)2)21-20(23)15(4)25-18-10-9-16(14(3)22)11-19(18)24-5/h9-13,15,17H,6-8H2,1-5H3,(H,21,23)/t12-,13-,15-,17+/m1/s1. The van der Waals surface area contributed by atoms with Crippen LogP contribution < -0.4 is 14.8 Å². The van der Waals surface area contributed by atoms with E-state index < -0.39 is 6.10 Å². The number of ketones is 1.